The Bertz CT molecular complexity index is 220. The number of carbonyl (C=O) groups is 1. The third kappa shape index (κ3) is 1.63. The van der Waals surface area contributed by atoms with Crippen molar-refractivity contribution in [2.75, 3.05) is 7.11 Å². The molecule has 0 bridgehead atoms. The van der Waals surface area contributed by atoms with E-state index in [9.17, 15) is 18.0 Å². The molecule has 1 saturated carbocycles. The fourth-order valence-corrected chi connectivity index (χ4v) is 1.38. The molecule has 0 atom stereocenters. The van der Waals surface area contributed by atoms with Crippen molar-refractivity contribution in [1.82, 2.24) is 0 Å². The molecule has 0 aromatic carbocycles. The monoisotopic (exact) mass is 197 g/mol. The molecule has 1 aliphatic carbocycles. The Balaban J connectivity index is 2.53. The highest BCUT2D eigenvalue weighted by Crippen LogP contribution is 2.46. The van der Waals surface area contributed by atoms with Crippen LogP contribution in [0.5, 0.6) is 0 Å². The van der Waals surface area contributed by atoms with Crippen molar-refractivity contribution in [2.45, 2.75) is 24.6 Å². The molecule has 2 N–H and O–H groups in total. The van der Waals surface area contributed by atoms with Crippen molar-refractivity contribution in [2.24, 2.45) is 11.7 Å². The Morgan fingerprint density at radius 1 is 1.54 bits per heavy atom. The molecule has 13 heavy (non-hydrogen) atoms. The zero-order chi connectivity index (χ0) is 10.3. The molecule has 0 aromatic rings. The highest BCUT2D eigenvalue weighted by molar-refractivity contribution is 5.74. The molecule has 0 saturated heterocycles. The second-order valence-corrected chi connectivity index (χ2v) is 3.28. The van der Waals surface area contributed by atoms with Gasteiger partial charge in [-0.1, -0.05) is 0 Å². The SMILES string of the molecule is COC(=O)C1CC(N)(C(F)(F)F)C1. The highest BCUT2D eigenvalue weighted by Gasteiger charge is 2.61. The van der Waals surface area contributed by atoms with Gasteiger partial charge in [0.25, 0.3) is 0 Å². The van der Waals surface area contributed by atoms with Crippen LogP contribution in [0.15, 0.2) is 0 Å². The van der Waals surface area contributed by atoms with Crippen LogP contribution in [0.4, 0.5) is 13.2 Å². The lowest BCUT2D eigenvalue weighted by molar-refractivity contribution is -0.220. The van der Waals surface area contributed by atoms with Gasteiger partial charge in [-0.15, -0.1) is 0 Å². The zero-order valence-corrected chi connectivity index (χ0v) is 7.02. The summed E-state index contributed by atoms with van der Waals surface area (Å²) in [6, 6.07) is 0. The van der Waals surface area contributed by atoms with E-state index in [2.05, 4.69) is 4.74 Å². The van der Waals surface area contributed by atoms with Crippen LogP contribution in [-0.2, 0) is 9.53 Å². The van der Waals surface area contributed by atoms with Gasteiger partial charge < -0.3 is 10.5 Å². The zero-order valence-electron chi connectivity index (χ0n) is 7.02. The molecule has 0 amide bonds. The maximum Gasteiger partial charge on any atom is 0.406 e. The van der Waals surface area contributed by atoms with E-state index >= 15 is 0 Å². The summed E-state index contributed by atoms with van der Waals surface area (Å²) >= 11 is 0. The second-order valence-electron chi connectivity index (χ2n) is 3.28. The number of hydrogen-bond donors (Lipinski definition) is 1. The van der Waals surface area contributed by atoms with Gasteiger partial charge in [-0.25, -0.2) is 0 Å². The van der Waals surface area contributed by atoms with Crippen molar-refractivity contribution in [3.05, 3.63) is 0 Å². The maximum atomic E-state index is 12.1. The van der Waals surface area contributed by atoms with Crippen LogP contribution in [0.25, 0.3) is 0 Å². The summed E-state index contributed by atoms with van der Waals surface area (Å²) in [5, 5.41) is 0. The number of halogens is 3. The van der Waals surface area contributed by atoms with Gasteiger partial charge in [-0.2, -0.15) is 13.2 Å². The maximum absolute atomic E-state index is 12.1. The number of esters is 1. The van der Waals surface area contributed by atoms with Gasteiger partial charge in [0.2, 0.25) is 0 Å². The molecule has 1 rings (SSSR count). The Hall–Kier alpha value is -0.780. The number of nitrogens with two attached hydrogens (primary N) is 1. The minimum atomic E-state index is -4.43. The summed E-state index contributed by atoms with van der Waals surface area (Å²) in [6.07, 6.45) is -5.18. The third-order valence-corrected chi connectivity index (χ3v) is 2.32. The Morgan fingerprint density at radius 2 is 2.00 bits per heavy atom. The van der Waals surface area contributed by atoms with E-state index < -0.39 is 23.6 Å². The number of alkyl halides is 3. The normalized spacial score (nSPS) is 33.8. The van der Waals surface area contributed by atoms with E-state index in [0.717, 1.165) is 7.11 Å². The second kappa shape index (κ2) is 2.87. The van der Waals surface area contributed by atoms with Gasteiger partial charge in [0.15, 0.2) is 0 Å². The van der Waals surface area contributed by atoms with Gasteiger partial charge in [-0.3, -0.25) is 4.79 Å². The van der Waals surface area contributed by atoms with Gasteiger partial charge in [-0.05, 0) is 12.8 Å². The summed E-state index contributed by atoms with van der Waals surface area (Å²) in [7, 11) is 1.15. The first-order valence-electron chi connectivity index (χ1n) is 3.73. The number of rotatable bonds is 1. The molecule has 0 aliphatic heterocycles. The standard InChI is InChI=1S/C7H10F3NO2/c1-13-5(12)4-2-6(11,3-4)7(8,9)10/h4H,2-3,11H2,1H3. The molecule has 3 nitrogen and oxygen atoms in total. The quantitative estimate of drug-likeness (QED) is 0.633. The van der Waals surface area contributed by atoms with Crippen LogP contribution in [0.3, 0.4) is 0 Å². The fraction of sp³-hybridized carbons (Fsp3) is 0.857. The van der Waals surface area contributed by atoms with Crippen molar-refractivity contribution >= 4 is 5.97 Å². The van der Waals surface area contributed by atoms with Gasteiger partial charge >= 0.3 is 12.1 Å². The summed E-state index contributed by atoms with van der Waals surface area (Å²) in [6.45, 7) is 0. The first kappa shape index (κ1) is 10.3. The Labute approximate surface area is 73.0 Å². The van der Waals surface area contributed by atoms with Gasteiger partial charge in [0.1, 0.15) is 5.54 Å². The van der Waals surface area contributed by atoms with E-state index in [1.54, 1.807) is 0 Å². The van der Waals surface area contributed by atoms with Crippen molar-refractivity contribution in [3.63, 3.8) is 0 Å². The molecule has 6 heteroatoms. The number of hydrogen-bond acceptors (Lipinski definition) is 3. The fourth-order valence-electron chi connectivity index (χ4n) is 1.38. The molecule has 0 spiro atoms. The molecule has 76 valence electrons. The van der Waals surface area contributed by atoms with Crippen LogP contribution < -0.4 is 5.73 Å². The van der Waals surface area contributed by atoms with E-state index in [-0.39, 0.29) is 12.8 Å². The van der Waals surface area contributed by atoms with E-state index in [1.807, 2.05) is 0 Å². The minimum absolute atomic E-state index is 0.372. The highest BCUT2D eigenvalue weighted by atomic mass is 19.4. The Kier molecular flexibility index (Phi) is 2.27. The predicted molar refractivity (Wildman–Crippen MR) is 37.7 cm³/mol. The molecular formula is C7H10F3NO2. The summed E-state index contributed by atoms with van der Waals surface area (Å²) in [5.74, 6) is -1.32. The molecule has 0 radical (unpaired) electrons. The van der Waals surface area contributed by atoms with Crippen molar-refractivity contribution in [1.29, 1.82) is 0 Å². The lowest BCUT2D eigenvalue weighted by atomic mass is 9.68. The van der Waals surface area contributed by atoms with E-state index in [0.29, 0.717) is 0 Å². The molecule has 0 unspecified atom stereocenters. The average molecular weight is 197 g/mol. The number of ether oxygens (including phenoxy) is 1. The van der Waals surface area contributed by atoms with E-state index in [4.69, 9.17) is 5.73 Å². The van der Waals surface area contributed by atoms with Crippen LogP contribution in [0.1, 0.15) is 12.8 Å². The summed E-state index contributed by atoms with van der Waals surface area (Å²) < 4.78 is 40.7. The largest absolute Gasteiger partial charge is 0.469 e. The average Bonchev–Trinajstić information content (AvgIpc) is 1.95. The Morgan fingerprint density at radius 3 is 2.31 bits per heavy atom. The lowest BCUT2D eigenvalue weighted by Crippen LogP contribution is -2.63. The molecule has 0 aromatic heterocycles. The molecular weight excluding hydrogens is 187 g/mol. The predicted octanol–water partition coefficient (Wildman–Crippen LogP) is 0.829. The number of carbonyl (C=O) groups excluding carboxylic acids is 1. The summed E-state index contributed by atoms with van der Waals surface area (Å²) in [5.41, 5.74) is 2.84. The molecule has 1 fully saturated rings. The molecule has 0 heterocycles. The third-order valence-electron chi connectivity index (χ3n) is 2.32. The first-order chi connectivity index (χ1) is 5.80. The van der Waals surface area contributed by atoms with Gasteiger partial charge in [0, 0.05) is 0 Å². The topological polar surface area (TPSA) is 52.3 Å². The minimum Gasteiger partial charge on any atom is -0.469 e. The van der Waals surface area contributed by atoms with Crippen LogP contribution >= 0.6 is 0 Å². The smallest absolute Gasteiger partial charge is 0.406 e. The first-order valence-corrected chi connectivity index (χ1v) is 3.73. The van der Waals surface area contributed by atoms with Crippen LogP contribution in [0.2, 0.25) is 0 Å². The molecule has 1 aliphatic rings. The van der Waals surface area contributed by atoms with Crippen molar-refractivity contribution in [3.8, 4) is 0 Å². The lowest BCUT2D eigenvalue weighted by Gasteiger charge is -2.44. The summed E-state index contributed by atoms with van der Waals surface area (Å²) in [4.78, 5) is 10.8. The van der Waals surface area contributed by atoms with Gasteiger partial charge in [0.05, 0.1) is 13.0 Å². The van der Waals surface area contributed by atoms with Crippen LogP contribution in [-0.4, -0.2) is 24.8 Å². The van der Waals surface area contributed by atoms with E-state index in [1.165, 1.54) is 0 Å². The van der Waals surface area contributed by atoms with Crippen LogP contribution in [0, 0.1) is 5.92 Å². The van der Waals surface area contributed by atoms with Crippen molar-refractivity contribution < 1.29 is 22.7 Å². The number of methoxy groups -OCH3 is 1.